The summed E-state index contributed by atoms with van der Waals surface area (Å²) in [5, 5.41) is 10.6. The van der Waals surface area contributed by atoms with Gasteiger partial charge in [-0.3, -0.25) is 37.3 Å². The fourth-order valence-electron chi connectivity index (χ4n) is 12.2. The molecule has 6 atom stereocenters. The highest BCUT2D eigenvalue weighted by Gasteiger charge is 2.30. The Bertz CT molecular complexity index is 1940. The van der Waals surface area contributed by atoms with Gasteiger partial charge in [0.25, 0.3) is 0 Å². The van der Waals surface area contributed by atoms with Crippen LogP contribution in [0.2, 0.25) is 0 Å². The molecule has 0 rings (SSSR count). The Kier molecular flexibility index (Phi) is 67.8. The lowest BCUT2D eigenvalue weighted by atomic mass is 9.99. The van der Waals surface area contributed by atoms with E-state index < -0.39 is 97.5 Å². The summed E-state index contributed by atoms with van der Waals surface area (Å²) in [6, 6.07) is 0. The molecule has 0 aliphatic carbocycles. The van der Waals surface area contributed by atoms with E-state index in [9.17, 15) is 43.2 Å². The van der Waals surface area contributed by atoms with Gasteiger partial charge in [0.15, 0.2) is 12.2 Å². The molecular formula is C80H156O17P2. The molecule has 0 fully saturated rings. The van der Waals surface area contributed by atoms with Crippen LogP contribution in [0, 0.1) is 23.7 Å². The van der Waals surface area contributed by atoms with Gasteiger partial charge in [0.1, 0.15) is 19.3 Å². The molecule has 0 amide bonds. The first kappa shape index (κ1) is 97.1. The van der Waals surface area contributed by atoms with Crippen molar-refractivity contribution in [2.24, 2.45) is 23.7 Å². The topological polar surface area (TPSA) is 237 Å². The molecule has 0 aromatic rings. The van der Waals surface area contributed by atoms with Crippen molar-refractivity contribution in [1.29, 1.82) is 0 Å². The molecule has 99 heavy (non-hydrogen) atoms. The highest BCUT2D eigenvalue weighted by molar-refractivity contribution is 7.47. The lowest BCUT2D eigenvalue weighted by Gasteiger charge is -2.21. The van der Waals surface area contributed by atoms with E-state index in [0.717, 1.165) is 114 Å². The number of phosphoric ester groups is 2. The van der Waals surface area contributed by atoms with Crippen LogP contribution < -0.4 is 0 Å². The van der Waals surface area contributed by atoms with Crippen molar-refractivity contribution in [2.45, 2.75) is 427 Å². The zero-order chi connectivity index (χ0) is 73.1. The number of unbranched alkanes of at least 4 members (excludes halogenated alkanes) is 42. The van der Waals surface area contributed by atoms with Crippen molar-refractivity contribution < 1.29 is 80.2 Å². The molecule has 0 spiro atoms. The molecule has 0 aliphatic heterocycles. The number of esters is 4. The van der Waals surface area contributed by atoms with Crippen molar-refractivity contribution in [3.8, 4) is 0 Å². The van der Waals surface area contributed by atoms with Gasteiger partial charge in [0.2, 0.25) is 0 Å². The van der Waals surface area contributed by atoms with Gasteiger partial charge in [-0.15, -0.1) is 0 Å². The maximum Gasteiger partial charge on any atom is 0.472 e. The first-order valence-electron chi connectivity index (χ1n) is 41.2. The first-order valence-corrected chi connectivity index (χ1v) is 44.2. The van der Waals surface area contributed by atoms with Crippen LogP contribution in [0.5, 0.6) is 0 Å². The number of hydrogen-bond donors (Lipinski definition) is 3. The quantitative estimate of drug-likeness (QED) is 0.0222. The minimum Gasteiger partial charge on any atom is -0.462 e. The van der Waals surface area contributed by atoms with Crippen LogP contribution in [0.4, 0.5) is 0 Å². The molecule has 588 valence electrons. The summed E-state index contributed by atoms with van der Waals surface area (Å²) < 4.78 is 68.6. The maximum atomic E-state index is 13.1. The number of hydrogen-bond acceptors (Lipinski definition) is 15. The Morgan fingerprint density at radius 2 is 0.485 bits per heavy atom. The van der Waals surface area contributed by atoms with Gasteiger partial charge >= 0.3 is 39.5 Å². The van der Waals surface area contributed by atoms with Gasteiger partial charge in [-0.05, 0) is 49.4 Å². The van der Waals surface area contributed by atoms with Gasteiger partial charge < -0.3 is 33.8 Å². The van der Waals surface area contributed by atoms with Crippen LogP contribution in [0.15, 0.2) is 0 Å². The summed E-state index contributed by atoms with van der Waals surface area (Å²) in [4.78, 5) is 72.9. The molecule has 0 saturated carbocycles. The molecule has 0 saturated heterocycles. The highest BCUT2D eigenvalue weighted by Crippen LogP contribution is 2.45. The van der Waals surface area contributed by atoms with Crippen LogP contribution >= 0.6 is 15.6 Å². The fraction of sp³-hybridized carbons (Fsp3) is 0.950. The number of phosphoric acid groups is 2. The second kappa shape index (κ2) is 69.1. The fourth-order valence-corrected chi connectivity index (χ4v) is 13.8. The van der Waals surface area contributed by atoms with Gasteiger partial charge in [-0.2, -0.15) is 0 Å². The van der Waals surface area contributed by atoms with Gasteiger partial charge in [-0.25, -0.2) is 9.13 Å². The van der Waals surface area contributed by atoms with E-state index in [1.54, 1.807) is 0 Å². The number of aliphatic hydroxyl groups excluding tert-OH is 1. The monoisotopic (exact) mass is 1450 g/mol. The molecule has 0 radical (unpaired) electrons. The number of carbonyl (C=O) groups excluding carboxylic acids is 4. The van der Waals surface area contributed by atoms with Crippen molar-refractivity contribution in [3.05, 3.63) is 0 Å². The number of ether oxygens (including phenoxy) is 4. The predicted molar refractivity (Wildman–Crippen MR) is 404 cm³/mol. The Balaban J connectivity index is 5.17. The molecular weight excluding hydrogens is 1290 g/mol. The summed E-state index contributed by atoms with van der Waals surface area (Å²) in [5.41, 5.74) is 0. The average molecular weight is 1450 g/mol. The standard InChI is InChI=1S/C80H156O17P2/c1-9-73(8)59-51-43-34-28-21-16-14-12-10-11-13-15-17-22-29-35-44-52-60-77(82)90-66-75(96-80(85)63-55-47-37-31-25-24-27-33-41-49-57-71(4)5)68-94-98(86,87)92-64-74(81)65-93-99(88,89)95-69-76(67-91-78(83)61-53-45-39-38-42-50-58-72(6)7)97-79(84)62-54-46-36-30-23-19-18-20-26-32-40-48-56-70(2)3/h70-76,81H,9-69H2,1-8H3,(H,86,87)(H,88,89)/t73?,74-,75-,76-/m1/s1. The summed E-state index contributed by atoms with van der Waals surface area (Å²) >= 11 is 0. The Morgan fingerprint density at radius 1 is 0.283 bits per heavy atom. The third kappa shape index (κ3) is 72.8. The van der Waals surface area contributed by atoms with E-state index >= 15 is 0 Å². The zero-order valence-electron chi connectivity index (χ0n) is 65.1. The normalized spacial score (nSPS) is 14.3. The summed E-state index contributed by atoms with van der Waals surface area (Å²) in [6.45, 7) is 14.2. The number of rotatable bonds is 77. The lowest BCUT2D eigenvalue weighted by Crippen LogP contribution is -2.30. The molecule has 0 aromatic carbocycles. The number of carbonyl (C=O) groups is 4. The zero-order valence-corrected chi connectivity index (χ0v) is 66.9. The van der Waals surface area contributed by atoms with E-state index in [1.165, 1.54) is 205 Å². The molecule has 3 N–H and O–H groups in total. The smallest absolute Gasteiger partial charge is 0.462 e. The van der Waals surface area contributed by atoms with E-state index in [-0.39, 0.29) is 25.7 Å². The van der Waals surface area contributed by atoms with Crippen LogP contribution in [0.1, 0.15) is 409 Å². The van der Waals surface area contributed by atoms with Gasteiger partial charge in [0.05, 0.1) is 26.4 Å². The van der Waals surface area contributed by atoms with E-state index in [1.807, 2.05) is 0 Å². The lowest BCUT2D eigenvalue weighted by molar-refractivity contribution is -0.161. The minimum atomic E-state index is -4.96. The Labute approximate surface area is 607 Å². The molecule has 3 unspecified atom stereocenters. The molecule has 19 heteroatoms. The van der Waals surface area contributed by atoms with Crippen molar-refractivity contribution >= 4 is 39.5 Å². The van der Waals surface area contributed by atoms with E-state index in [4.69, 9.17) is 37.0 Å². The van der Waals surface area contributed by atoms with Crippen LogP contribution in [-0.4, -0.2) is 96.7 Å². The Hall–Kier alpha value is -1.94. The average Bonchev–Trinajstić information content (AvgIpc) is 1.02. The van der Waals surface area contributed by atoms with Crippen LogP contribution in [0.25, 0.3) is 0 Å². The second-order valence-corrected chi connectivity index (χ2v) is 33.4. The van der Waals surface area contributed by atoms with Crippen molar-refractivity contribution in [1.82, 2.24) is 0 Å². The largest absolute Gasteiger partial charge is 0.472 e. The third-order valence-electron chi connectivity index (χ3n) is 18.9. The summed E-state index contributed by atoms with van der Waals surface area (Å²) in [5.74, 6) is 0.963. The molecule has 0 bridgehead atoms. The van der Waals surface area contributed by atoms with E-state index in [2.05, 4.69) is 55.4 Å². The summed E-state index contributed by atoms with van der Waals surface area (Å²) in [6.07, 6.45) is 55.7. The Morgan fingerprint density at radius 3 is 0.717 bits per heavy atom. The van der Waals surface area contributed by atoms with Crippen LogP contribution in [-0.2, 0) is 65.4 Å². The second-order valence-electron chi connectivity index (χ2n) is 30.5. The van der Waals surface area contributed by atoms with Crippen molar-refractivity contribution in [3.63, 3.8) is 0 Å². The highest BCUT2D eigenvalue weighted by atomic mass is 31.2. The van der Waals surface area contributed by atoms with E-state index in [0.29, 0.717) is 31.6 Å². The molecule has 0 aliphatic rings. The number of aliphatic hydroxyl groups is 1. The molecule has 17 nitrogen and oxygen atoms in total. The SMILES string of the molecule is CCC(C)CCCCCCCCCCCCCCCCCCCCC(=O)OC[C@H](COP(=O)(O)OC[C@@H](O)COP(=O)(O)OC[C@@H](COC(=O)CCCCCCCCC(C)C)OC(=O)CCCCCCCCCCCCCCC(C)C)OC(=O)CCCCCCCCCCCCC(C)C. The van der Waals surface area contributed by atoms with Crippen LogP contribution in [0.3, 0.4) is 0 Å². The summed E-state index contributed by atoms with van der Waals surface area (Å²) in [7, 11) is -9.92. The molecule has 0 aromatic heterocycles. The van der Waals surface area contributed by atoms with Crippen molar-refractivity contribution in [2.75, 3.05) is 39.6 Å². The maximum absolute atomic E-state index is 13.1. The third-order valence-corrected chi connectivity index (χ3v) is 20.8. The molecule has 0 heterocycles. The first-order chi connectivity index (χ1) is 47.6. The van der Waals surface area contributed by atoms with Gasteiger partial charge in [0, 0.05) is 25.7 Å². The predicted octanol–water partition coefficient (Wildman–Crippen LogP) is 23.6. The minimum absolute atomic E-state index is 0.105. The van der Waals surface area contributed by atoms with Gasteiger partial charge in [-0.1, -0.05) is 357 Å².